The maximum Gasteiger partial charge on any atom is 0.137 e. The molecule has 0 spiro atoms. The normalized spacial score (nSPS) is 22.1. The summed E-state index contributed by atoms with van der Waals surface area (Å²) < 4.78 is 0. The number of aliphatic imine (C=N–C) groups is 1. The molecule has 2 aromatic carbocycles. The minimum atomic E-state index is -0.699. The molecule has 1 aliphatic heterocycles. The molecular weight excluding hydrogens is 522 g/mol. The molecule has 2 atom stereocenters. The Balaban J connectivity index is 1.22. The lowest BCUT2D eigenvalue weighted by molar-refractivity contribution is -0.101. The SMILES string of the molecule is CC(C)N(c1ccc(C2=NC=C(C3C(O)C(c4cnc(-c5ccc(N(C(C)C)C(C)C)cc5)[nH]4)C3O)C2)cc1)C(C)C. The summed E-state index contributed by atoms with van der Waals surface area (Å²) in [5.41, 5.74) is 7.14. The minimum absolute atomic E-state index is 0.336. The number of aliphatic hydroxyl groups excluding tert-OH is 2. The standard InChI is InChI=1S/C35H47N5O2/c1-20(2)39(21(3)4)27-13-9-24(10-14-27)29-17-26(18-36-29)31-33(41)32(34(31)42)30-19-37-35(38-30)25-11-15-28(16-12-25)40(22(5)6)23(7)8/h9-16,18-23,31-34,41-42H,17H2,1-8H3,(H,37,38). The molecule has 1 fully saturated rings. The highest BCUT2D eigenvalue weighted by Gasteiger charge is 2.52. The Kier molecular flexibility index (Phi) is 8.63. The molecule has 7 heteroatoms. The third-order valence-corrected chi connectivity index (χ3v) is 8.78. The molecule has 2 unspecified atom stereocenters. The van der Waals surface area contributed by atoms with Crippen molar-refractivity contribution in [3.8, 4) is 11.4 Å². The maximum absolute atomic E-state index is 11.2. The van der Waals surface area contributed by atoms with E-state index in [1.54, 1.807) is 6.20 Å². The van der Waals surface area contributed by atoms with E-state index in [4.69, 9.17) is 0 Å². The first kappa shape index (κ1) is 30.1. The lowest BCUT2D eigenvalue weighted by atomic mass is 9.64. The van der Waals surface area contributed by atoms with Gasteiger partial charge in [-0.1, -0.05) is 12.1 Å². The molecular formula is C35H47N5O2. The Bertz CT molecular complexity index is 1390. The Hall–Kier alpha value is -3.42. The summed E-state index contributed by atoms with van der Waals surface area (Å²) >= 11 is 0. The van der Waals surface area contributed by atoms with E-state index in [1.165, 1.54) is 11.4 Å². The largest absolute Gasteiger partial charge is 0.392 e. The summed E-state index contributed by atoms with van der Waals surface area (Å²) in [6.45, 7) is 17.7. The number of nitrogens with zero attached hydrogens (tertiary/aromatic N) is 4. The van der Waals surface area contributed by atoms with Crippen LogP contribution in [0.5, 0.6) is 0 Å². The zero-order valence-electron chi connectivity index (χ0n) is 26.3. The van der Waals surface area contributed by atoms with Crippen LogP contribution in [0.15, 0.2) is 71.5 Å². The van der Waals surface area contributed by atoms with Crippen molar-refractivity contribution in [1.82, 2.24) is 9.97 Å². The van der Waals surface area contributed by atoms with Crippen molar-refractivity contribution < 1.29 is 10.2 Å². The maximum atomic E-state index is 11.2. The van der Waals surface area contributed by atoms with Crippen LogP contribution in [-0.4, -0.2) is 62.3 Å². The number of aromatic nitrogens is 2. The smallest absolute Gasteiger partial charge is 0.137 e. The molecule has 0 radical (unpaired) electrons. The molecule has 1 aliphatic carbocycles. The molecule has 5 rings (SSSR count). The quantitative estimate of drug-likeness (QED) is 0.258. The van der Waals surface area contributed by atoms with Gasteiger partial charge >= 0.3 is 0 Å². The Labute approximate surface area is 251 Å². The lowest BCUT2D eigenvalue weighted by Crippen LogP contribution is -2.54. The summed E-state index contributed by atoms with van der Waals surface area (Å²) in [7, 11) is 0. The van der Waals surface area contributed by atoms with Crippen LogP contribution < -0.4 is 9.80 Å². The topological polar surface area (TPSA) is 88.0 Å². The first-order valence-electron chi connectivity index (χ1n) is 15.4. The molecule has 0 saturated heterocycles. The molecule has 2 aliphatic rings. The van der Waals surface area contributed by atoms with E-state index in [1.807, 2.05) is 6.20 Å². The van der Waals surface area contributed by atoms with Gasteiger partial charge in [-0.2, -0.15) is 0 Å². The third kappa shape index (κ3) is 5.64. The van der Waals surface area contributed by atoms with E-state index in [-0.39, 0.29) is 5.92 Å². The molecule has 7 nitrogen and oxygen atoms in total. The Morgan fingerprint density at radius 2 is 1.17 bits per heavy atom. The van der Waals surface area contributed by atoms with Crippen molar-refractivity contribution in [2.24, 2.45) is 10.9 Å². The van der Waals surface area contributed by atoms with Crippen LogP contribution in [0.25, 0.3) is 11.4 Å². The van der Waals surface area contributed by atoms with Crippen LogP contribution in [-0.2, 0) is 0 Å². The van der Waals surface area contributed by atoms with Crippen LogP contribution in [0.1, 0.15) is 79.0 Å². The predicted molar refractivity (Wildman–Crippen MR) is 173 cm³/mol. The fourth-order valence-corrected chi connectivity index (χ4v) is 6.99. The zero-order valence-corrected chi connectivity index (χ0v) is 26.3. The van der Waals surface area contributed by atoms with Crippen LogP contribution in [0.4, 0.5) is 11.4 Å². The number of aliphatic hydroxyl groups is 2. The summed E-state index contributed by atoms with van der Waals surface area (Å²) in [4.78, 5) is 17.4. The number of nitrogens with one attached hydrogen (secondary N) is 1. The van der Waals surface area contributed by atoms with Crippen molar-refractivity contribution >= 4 is 17.1 Å². The molecule has 1 aromatic heterocycles. The second-order valence-corrected chi connectivity index (χ2v) is 13.0. The monoisotopic (exact) mass is 569 g/mol. The fourth-order valence-electron chi connectivity index (χ4n) is 6.99. The molecule has 42 heavy (non-hydrogen) atoms. The number of anilines is 2. The van der Waals surface area contributed by atoms with Crippen LogP contribution in [0.3, 0.4) is 0 Å². The van der Waals surface area contributed by atoms with Gasteiger partial charge in [0, 0.05) is 71.5 Å². The van der Waals surface area contributed by atoms with E-state index in [0.29, 0.717) is 30.6 Å². The van der Waals surface area contributed by atoms with Crippen LogP contribution in [0, 0.1) is 5.92 Å². The van der Waals surface area contributed by atoms with Gasteiger partial charge in [0.15, 0.2) is 0 Å². The second-order valence-electron chi connectivity index (χ2n) is 13.0. The van der Waals surface area contributed by atoms with E-state index >= 15 is 0 Å². The second kappa shape index (κ2) is 12.1. The number of hydrogen-bond acceptors (Lipinski definition) is 6. The van der Waals surface area contributed by atoms with E-state index in [2.05, 4.69) is 129 Å². The number of imidazole rings is 1. The van der Waals surface area contributed by atoms with E-state index in [9.17, 15) is 10.2 Å². The van der Waals surface area contributed by atoms with Crippen LogP contribution >= 0.6 is 0 Å². The van der Waals surface area contributed by atoms with Crippen molar-refractivity contribution in [2.45, 2.75) is 104 Å². The molecule has 3 aromatic rings. The lowest BCUT2D eigenvalue weighted by Gasteiger charge is -2.46. The Morgan fingerprint density at radius 1 is 0.690 bits per heavy atom. The molecule has 224 valence electrons. The van der Waals surface area contributed by atoms with E-state index in [0.717, 1.165) is 33.9 Å². The molecule has 0 bridgehead atoms. The van der Waals surface area contributed by atoms with Gasteiger partial charge in [0.05, 0.1) is 23.8 Å². The highest BCUT2D eigenvalue weighted by atomic mass is 16.3. The molecule has 2 heterocycles. The number of aromatic amines is 1. The van der Waals surface area contributed by atoms with Gasteiger partial charge in [-0.05, 0) is 103 Å². The van der Waals surface area contributed by atoms with Gasteiger partial charge in [0.1, 0.15) is 5.82 Å². The number of benzene rings is 2. The van der Waals surface area contributed by atoms with Crippen molar-refractivity contribution in [2.75, 3.05) is 9.80 Å². The van der Waals surface area contributed by atoms with Crippen molar-refractivity contribution in [1.29, 1.82) is 0 Å². The van der Waals surface area contributed by atoms with Gasteiger partial charge in [-0.25, -0.2) is 4.98 Å². The first-order chi connectivity index (χ1) is 20.0. The Morgan fingerprint density at radius 3 is 1.64 bits per heavy atom. The van der Waals surface area contributed by atoms with Gasteiger partial charge < -0.3 is 25.0 Å². The van der Waals surface area contributed by atoms with Crippen molar-refractivity contribution in [3.63, 3.8) is 0 Å². The zero-order chi connectivity index (χ0) is 30.3. The van der Waals surface area contributed by atoms with Crippen molar-refractivity contribution in [3.05, 3.63) is 77.8 Å². The molecule has 3 N–H and O–H groups in total. The number of rotatable bonds is 10. The summed E-state index contributed by atoms with van der Waals surface area (Å²) in [6.07, 6.45) is 2.82. The van der Waals surface area contributed by atoms with Gasteiger partial charge in [0.25, 0.3) is 0 Å². The highest BCUT2D eigenvalue weighted by molar-refractivity contribution is 6.04. The predicted octanol–water partition coefficient (Wildman–Crippen LogP) is 6.54. The summed E-state index contributed by atoms with van der Waals surface area (Å²) in [5, 5.41) is 22.4. The van der Waals surface area contributed by atoms with Crippen LogP contribution in [0.2, 0.25) is 0 Å². The summed E-state index contributed by atoms with van der Waals surface area (Å²) in [5.74, 6) is -0.00477. The average molecular weight is 570 g/mol. The van der Waals surface area contributed by atoms with E-state index < -0.39 is 18.1 Å². The highest BCUT2D eigenvalue weighted by Crippen LogP contribution is 2.47. The number of H-pyrrole nitrogens is 1. The average Bonchev–Trinajstić information content (AvgIpc) is 3.59. The van der Waals surface area contributed by atoms with Gasteiger partial charge in [0.2, 0.25) is 0 Å². The molecule has 1 saturated carbocycles. The minimum Gasteiger partial charge on any atom is -0.392 e. The number of hydrogen-bond donors (Lipinski definition) is 3. The molecule has 0 amide bonds. The fraction of sp³-hybridized carbons (Fsp3) is 0.486. The van der Waals surface area contributed by atoms with Gasteiger partial charge in [-0.3, -0.25) is 4.99 Å². The summed E-state index contributed by atoms with van der Waals surface area (Å²) in [6, 6.07) is 18.6. The van der Waals surface area contributed by atoms with Gasteiger partial charge in [-0.15, -0.1) is 0 Å². The third-order valence-electron chi connectivity index (χ3n) is 8.78. The first-order valence-corrected chi connectivity index (χ1v) is 15.4.